The summed E-state index contributed by atoms with van der Waals surface area (Å²) in [5.74, 6) is -0.142. The van der Waals surface area contributed by atoms with Gasteiger partial charge in [-0.1, -0.05) is 65.7 Å². The molecule has 0 fully saturated rings. The van der Waals surface area contributed by atoms with Crippen LogP contribution in [0.15, 0.2) is 72.8 Å². The number of rotatable bonds is 4. The van der Waals surface area contributed by atoms with E-state index in [1.807, 2.05) is 36.4 Å². The standard InChI is InChI=1S/C20H14Cl2N2OS/c21-14-10-11-17(15(12-14)19(25)13-6-2-1-3-7-13)23-20(26)24-18-9-5-4-8-16(18)22/h1-12H,(H2,23,24,26). The van der Waals surface area contributed by atoms with Crippen LogP contribution in [0, 0.1) is 0 Å². The molecule has 0 aliphatic rings. The van der Waals surface area contributed by atoms with Gasteiger partial charge in [-0.2, -0.15) is 0 Å². The quantitative estimate of drug-likeness (QED) is 0.414. The Hall–Kier alpha value is -2.40. The van der Waals surface area contributed by atoms with Crippen LogP contribution in [-0.4, -0.2) is 10.9 Å². The van der Waals surface area contributed by atoms with Crippen molar-refractivity contribution < 1.29 is 4.79 Å². The van der Waals surface area contributed by atoms with E-state index >= 15 is 0 Å². The van der Waals surface area contributed by atoms with E-state index in [4.69, 9.17) is 35.4 Å². The Bertz CT molecular complexity index is 961. The van der Waals surface area contributed by atoms with Crippen LogP contribution in [0.5, 0.6) is 0 Å². The topological polar surface area (TPSA) is 41.1 Å². The molecule has 0 radical (unpaired) electrons. The van der Waals surface area contributed by atoms with Crippen molar-refractivity contribution >= 4 is 57.7 Å². The monoisotopic (exact) mass is 400 g/mol. The zero-order valence-electron chi connectivity index (χ0n) is 13.5. The number of benzene rings is 3. The number of para-hydroxylation sites is 1. The lowest BCUT2D eigenvalue weighted by molar-refractivity contribution is 0.103. The van der Waals surface area contributed by atoms with Gasteiger partial charge in [0.05, 0.1) is 16.4 Å². The first-order valence-electron chi connectivity index (χ1n) is 7.76. The maximum Gasteiger partial charge on any atom is 0.195 e. The summed E-state index contributed by atoms with van der Waals surface area (Å²) in [7, 11) is 0. The fourth-order valence-electron chi connectivity index (χ4n) is 2.40. The first-order valence-corrected chi connectivity index (χ1v) is 8.93. The maximum atomic E-state index is 12.8. The molecule has 0 spiro atoms. The number of halogens is 2. The molecule has 0 aliphatic heterocycles. The molecule has 0 aliphatic carbocycles. The van der Waals surface area contributed by atoms with E-state index in [-0.39, 0.29) is 5.78 Å². The maximum absolute atomic E-state index is 12.8. The highest BCUT2D eigenvalue weighted by Gasteiger charge is 2.15. The van der Waals surface area contributed by atoms with Gasteiger partial charge in [0.15, 0.2) is 10.9 Å². The van der Waals surface area contributed by atoms with E-state index in [1.165, 1.54) is 0 Å². The van der Waals surface area contributed by atoms with Gasteiger partial charge in [0.1, 0.15) is 0 Å². The van der Waals surface area contributed by atoms with Crippen molar-refractivity contribution in [2.75, 3.05) is 10.6 Å². The molecule has 0 aromatic heterocycles. The number of hydrogen-bond acceptors (Lipinski definition) is 2. The molecule has 130 valence electrons. The van der Waals surface area contributed by atoms with E-state index in [0.717, 1.165) is 0 Å². The van der Waals surface area contributed by atoms with Gasteiger partial charge in [0, 0.05) is 16.1 Å². The van der Waals surface area contributed by atoms with Crippen LogP contribution in [0.3, 0.4) is 0 Å². The van der Waals surface area contributed by atoms with E-state index < -0.39 is 0 Å². The average molecular weight is 401 g/mol. The number of thiocarbonyl (C=S) groups is 1. The molecule has 3 aromatic carbocycles. The fraction of sp³-hybridized carbons (Fsp3) is 0. The van der Waals surface area contributed by atoms with Crippen molar-refractivity contribution in [3.63, 3.8) is 0 Å². The van der Waals surface area contributed by atoms with Gasteiger partial charge in [-0.3, -0.25) is 4.79 Å². The second kappa shape index (κ2) is 8.32. The molecule has 3 aromatic rings. The molecule has 3 rings (SSSR count). The summed E-state index contributed by atoms with van der Waals surface area (Å²) in [4.78, 5) is 12.8. The largest absolute Gasteiger partial charge is 0.332 e. The van der Waals surface area contributed by atoms with Gasteiger partial charge in [0.25, 0.3) is 0 Å². The molecule has 6 heteroatoms. The minimum Gasteiger partial charge on any atom is -0.332 e. The van der Waals surface area contributed by atoms with Gasteiger partial charge in [-0.15, -0.1) is 0 Å². The van der Waals surface area contributed by atoms with Gasteiger partial charge in [-0.25, -0.2) is 0 Å². The Balaban J connectivity index is 1.85. The first-order chi connectivity index (χ1) is 12.5. The van der Waals surface area contributed by atoms with Crippen LogP contribution in [0.4, 0.5) is 11.4 Å². The zero-order valence-corrected chi connectivity index (χ0v) is 15.8. The number of carbonyl (C=O) groups is 1. The fourth-order valence-corrected chi connectivity index (χ4v) is 2.97. The molecule has 26 heavy (non-hydrogen) atoms. The van der Waals surface area contributed by atoms with Gasteiger partial charge in [0.2, 0.25) is 0 Å². The summed E-state index contributed by atoms with van der Waals surface area (Å²) in [5, 5.41) is 7.41. The summed E-state index contributed by atoms with van der Waals surface area (Å²) in [6.45, 7) is 0. The van der Waals surface area contributed by atoms with Crippen LogP contribution in [-0.2, 0) is 0 Å². The van der Waals surface area contributed by atoms with Crippen molar-refractivity contribution in [1.29, 1.82) is 0 Å². The molecule has 0 amide bonds. The van der Waals surface area contributed by atoms with Crippen molar-refractivity contribution in [3.8, 4) is 0 Å². The van der Waals surface area contributed by atoms with Crippen molar-refractivity contribution in [3.05, 3.63) is 94.0 Å². The van der Waals surface area contributed by atoms with E-state index in [1.54, 1.807) is 36.4 Å². The van der Waals surface area contributed by atoms with E-state index in [0.29, 0.717) is 37.7 Å². The third kappa shape index (κ3) is 4.41. The minimum atomic E-state index is -0.142. The lowest BCUT2D eigenvalue weighted by Crippen LogP contribution is -2.21. The molecule has 0 unspecified atom stereocenters. The lowest BCUT2D eigenvalue weighted by Gasteiger charge is -2.15. The highest BCUT2D eigenvalue weighted by Crippen LogP contribution is 2.25. The average Bonchev–Trinajstić information content (AvgIpc) is 2.65. The predicted octanol–water partition coefficient (Wildman–Crippen LogP) is 6.03. The Kier molecular flexibility index (Phi) is 5.89. The molecule has 0 saturated carbocycles. The lowest BCUT2D eigenvalue weighted by atomic mass is 10.0. The summed E-state index contributed by atoms with van der Waals surface area (Å²) in [5.41, 5.74) is 2.25. The van der Waals surface area contributed by atoms with Gasteiger partial charge in [-0.05, 0) is 42.5 Å². The van der Waals surface area contributed by atoms with E-state index in [2.05, 4.69) is 10.6 Å². The Morgan fingerprint density at radius 1 is 0.808 bits per heavy atom. The third-order valence-corrected chi connectivity index (χ3v) is 4.40. The van der Waals surface area contributed by atoms with Crippen molar-refractivity contribution in [2.45, 2.75) is 0 Å². The van der Waals surface area contributed by atoms with Crippen LogP contribution in [0.25, 0.3) is 0 Å². The van der Waals surface area contributed by atoms with Crippen LogP contribution >= 0.6 is 35.4 Å². The summed E-state index contributed by atoms with van der Waals surface area (Å²) < 4.78 is 0. The molecule has 0 atom stereocenters. The zero-order chi connectivity index (χ0) is 18.5. The number of anilines is 2. The predicted molar refractivity (Wildman–Crippen MR) is 113 cm³/mol. The van der Waals surface area contributed by atoms with Crippen LogP contribution in [0.1, 0.15) is 15.9 Å². The molecular weight excluding hydrogens is 387 g/mol. The van der Waals surface area contributed by atoms with Crippen molar-refractivity contribution in [1.82, 2.24) is 0 Å². The highest BCUT2D eigenvalue weighted by atomic mass is 35.5. The Morgan fingerprint density at radius 2 is 1.46 bits per heavy atom. The van der Waals surface area contributed by atoms with Gasteiger partial charge < -0.3 is 10.6 Å². The summed E-state index contributed by atoms with van der Waals surface area (Å²) >= 11 is 17.6. The Labute approximate surface area is 167 Å². The third-order valence-electron chi connectivity index (χ3n) is 3.63. The number of hydrogen-bond donors (Lipinski definition) is 2. The summed E-state index contributed by atoms with van der Waals surface area (Å²) in [6, 6.07) is 21.3. The SMILES string of the molecule is O=C(c1ccccc1)c1cc(Cl)ccc1NC(=S)Nc1ccccc1Cl. The van der Waals surface area contributed by atoms with Crippen molar-refractivity contribution in [2.24, 2.45) is 0 Å². The molecule has 0 bridgehead atoms. The van der Waals surface area contributed by atoms with E-state index in [9.17, 15) is 4.79 Å². The normalized spacial score (nSPS) is 10.2. The van der Waals surface area contributed by atoms with Gasteiger partial charge >= 0.3 is 0 Å². The molecule has 3 nitrogen and oxygen atoms in total. The second-order valence-corrected chi connectivity index (χ2v) is 6.70. The molecule has 0 heterocycles. The smallest absolute Gasteiger partial charge is 0.195 e. The molecular formula is C20H14Cl2N2OS. The first kappa shape index (κ1) is 18.4. The molecule has 0 saturated heterocycles. The highest BCUT2D eigenvalue weighted by molar-refractivity contribution is 7.80. The number of nitrogens with one attached hydrogen (secondary N) is 2. The molecule has 2 N–H and O–H groups in total. The Morgan fingerprint density at radius 3 is 2.19 bits per heavy atom. The number of ketones is 1. The minimum absolute atomic E-state index is 0.142. The van der Waals surface area contributed by atoms with Crippen LogP contribution < -0.4 is 10.6 Å². The summed E-state index contributed by atoms with van der Waals surface area (Å²) in [6.07, 6.45) is 0. The van der Waals surface area contributed by atoms with Crippen LogP contribution in [0.2, 0.25) is 10.0 Å². The second-order valence-electron chi connectivity index (χ2n) is 5.44. The number of carbonyl (C=O) groups excluding carboxylic acids is 1.